The van der Waals surface area contributed by atoms with E-state index >= 15 is 0 Å². The molecule has 6 nitrogen and oxygen atoms in total. The second-order valence-corrected chi connectivity index (χ2v) is 5.10. The molecule has 0 saturated heterocycles. The number of carboxylic acids is 1. The highest BCUT2D eigenvalue weighted by Crippen LogP contribution is 2.44. The van der Waals surface area contributed by atoms with Crippen molar-refractivity contribution >= 4 is 13.8 Å². The minimum atomic E-state index is -4.32. The summed E-state index contributed by atoms with van der Waals surface area (Å²) in [5, 5.41) is 8.73. The van der Waals surface area contributed by atoms with Crippen LogP contribution in [0.1, 0.15) is 10.4 Å². The zero-order valence-corrected chi connectivity index (χ0v) is 11.1. The highest BCUT2D eigenvalue weighted by atomic mass is 31.2. The molecule has 104 valence electrons. The molecule has 0 amide bonds. The van der Waals surface area contributed by atoms with Gasteiger partial charge in [0.1, 0.15) is 11.5 Å². The van der Waals surface area contributed by atoms with Gasteiger partial charge in [0.05, 0.1) is 5.56 Å². The van der Waals surface area contributed by atoms with Crippen LogP contribution in [0.5, 0.6) is 11.5 Å². The Morgan fingerprint density at radius 1 is 0.900 bits per heavy atom. The van der Waals surface area contributed by atoms with Gasteiger partial charge in [-0.25, -0.2) is 9.36 Å². The largest absolute Gasteiger partial charge is 0.584 e. The van der Waals surface area contributed by atoms with Crippen molar-refractivity contribution in [2.75, 3.05) is 0 Å². The Hall–Kier alpha value is -2.30. The number of aromatic carboxylic acids is 1. The van der Waals surface area contributed by atoms with Gasteiger partial charge in [-0.15, -0.1) is 0 Å². The van der Waals surface area contributed by atoms with Crippen molar-refractivity contribution < 1.29 is 28.4 Å². The molecule has 20 heavy (non-hydrogen) atoms. The van der Waals surface area contributed by atoms with Gasteiger partial charge in [0, 0.05) is 0 Å². The number of rotatable bonds is 5. The van der Waals surface area contributed by atoms with Gasteiger partial charge in [-0.2, -0.15) is 0 Å². The van der Waals surface area contributed by atoms with E-state index in [1.54, 1.807) is 18.2 Å². The molecule has 0 spiro atoms. The number of hydrogen-bond acceptors (Lipinski definition) is 4. The summed E-state index contributed by atoms with van der Waals surface area (Å²) in [6, 6.07) is 13.1. The van der Waals surface area contributed by atoms with E-state index in [-0.39, 0.29) is 17.1 Å². The number of phosphoric ester groups is 1. The highest BCUT2D eigenvalue weighted by Gasteiger charge is 2.24. The van der Waals surface area contributed by atoms with Crippen molar-refractivity contribution in [3.63, 3.8) is 0 Å². The predicted molar refractivity (Wildman–Crippen MR) is 70.9 cm³/mol. The van der Waals surface area contributed by atoms with E-state index in [9.17, 15) is 14.3 Å². The summed E-state index contributed by atoms with van der Waals surface area (Å²) in [6.45, 7) is 0. The molecule has 0 heterocycles. The molecule has 0 aliphatic carbocycles. The van der Waals surface area contributed by atoms with Crippen LogP contribution in [0.15, 0.2) is 54.6 Å². The maximum Gasteiger partial charge on any atom is 0.584 e. The Morgan fingerprint density at radius 3 is 1.90 bits per heavy atom. The average Bonchev–Trinajstić information content (AvgIpc) is 2.39. The zero-order chi connectivity index (χ0) is 14.6. The molecule has 0 fully saturated rings. The lowest BCUT2D eigenvalue weighted by Gasteiger charge is -2.13. The van der Waals surface area contributed by atoms with Gasteiger partial charge in [0.25, 0.3) is 0 Å². The number of carboxylic acid groups (broad SMARTS) is 1. The molecule has 0 aliphatic heterocycles. The summed E-state index contributed by atoms with van der Waals surface area (Å²) >= 11 is 0. The molecular formula is C13H11O6P. The molecule has 7 heteroatoms. The van der Waals surface area contributed by atoms with Crippen molar-refractivity contribution in [2.45, 2.75) is 0 Å². The monoisotopic (exact) mass is 294 g/mol. The molecule has 1 atom stereocenters. The Balaban J connectivity index is 2.08. The second kappa shape index (κ2) is 5.77. The van der Waals surface area contributed by atoms with Gasteiger partial charge in [0.15, 0.2) is 0 Å². The number of benzene rings is 2. The Morgan fingerprint density at radius 2 is 1.40 bits per heavy atom. The van der Waals surface area contributed by atoms with Gasteiger partial charge in [-0.3, -0.25) is 4.89 Å². The minimum absolute atomic E-state index is 0.0387. The maximum absolute atomic E-state index is 11.8. The molecule has 2 N–H and O–H groups in total. The fourth-order valence-electron chi connectivity index (χ4n) is 1.42. The van der Waals surface area contributed by atoms with E-state index in [0.29, 0.717) is 0 Å². The van der Waals surface area contributed by atoms with Crippen LogP contribution in [-0.4, -0.2) is 16.0 Å². The van der Waals surface area contributed by atoms with E-state index in [4.69, 9.17) is 14.2 Å². The summed E-state index contributed by atoms with van der Waals surface area (Å²) in [4.78, 5) is 20.3. The Bertz CT molecular complexity index is 638. The number of carbonyl (C=O) groups is 1. The quantitative estimate of drug-likeness (QED) is 0.823. The maximum atomic E-state index is 11.8. The van der Waals surface area contributed by atoms with Crippen LogP contribution in [0, 0.1) is 0 Å². The molecule has 0 saturated carbocycles. The van der Waals surface area contributed by atoms with Crippen LogP contribution in [-0.2, 0) is 4.57 Å². The van der Waals surface area contributed by atoms with Crippen molar-refractivity contribution in [1.82, 2.24) is 0 Å². The highest BCUT2D eigenvalue weighted by molar-refractivity contribution is 7.48. The third-order valence-electron chi connectivity index (χ3n) is 2.29. The third kappa shape index (κ3) is 3.85. The van der Waals surface area contributed by atoms with E-state index in [1.807, 2.05) is 0 Å². The number of hydrogen-bond donors (Lipinski definition) is 2. The van der Waals surface area contributed by atoms with Crippen molar-refractivity contribution in [1.29, 1.82) is 0 Å². The van der Waals surface area contributed by atoms with Gasteiger partial charge in [-0.05, 0) is 36.4 Å². The normalized spacial score (nSPS) is 13.2. The standard InChI is InChI=1S/C13H11O6P/c14-13(15)10-6-8-12(9-7-10)19-20(16,17)18-11-4-2-1-3-5-11/h1-9H,(H,14,15)(H,16,17). The van der Waals surface area contributed by atoms with Gasteiger partial charge >= 0.3 is 13.8 Å². The van der Waals surface area contributed by atoms with Crippen LogP contribution in [0.2, 0.25) is 0 Å². The minimum Gasteiger partial charge on any atom is -0.478 e. The predicted octanol–water partition coefficient (Wildman–Crippen LogP) is 2.94. The van der Waals surface area contributed by atoms with E-state index in [1.165, 1.54) is 36.4 Å². The van der Waals surface area contributed by atoms with Crippen LogP contribution < -0.4 is 9.05 Å². The molecule has 2 aromatic carbocycles. The summed E-state index contributed by atoms with van der Waals surface area (Å²) in [7, 11) is -4.32. The first-order valence-corrected chi connectivity index (χ1v) is 7.06. The smallest absolute Gasteiger partial charge is 0.478 e. The topological polar surface area (TPSA) is 93.1 Å². The van der Waals surface area contributed by atoms with Gasteiger partial charge in [0.2, 0.25) is 0 Å². The fourth-order valence-corrected chi connectivity index (χ4v) is 2.24. The Kier molecular flexibility index (Phi) is 4.08. The zero-order valence-electron chi connectivity index (χ0n) is 10.2. The Labute approximate surface area is 114 Å². The summed E-state index contributed by atoms with van der Waals surface area (Å²) < 4.78 is 21.5. The lowest BCUT2D eigenvalue weighted by molar-refractivity contribution is 0.0697. The molecule has 2 rings (SSSR count). The fraction of sp³-hybridized carbons (Fsp3) is 0. The first-order valence-electron chi connectivity index (χ1n) is 5.57. The van der Waals surface area contributed by atoms with E-state index in [0.717, 1.165) is 0 Å². The molecule has 1 unspecified atom stereocenters. The first-order chi connectivity index (χ1) is 9.46. The summed E-state index contributed by atoms with van der Waals surface area (Å²) in [5.74, 6) is -0.860. The van der Waals surface area contributed by atoms with Crippen molar-refractivity contribution in [2.24, 2.45) is 0 Å². The molecule has 0 bridgehead atoms. The summed E-state index contributed by atoms with van der Waals surface area (Å²) in [6.07, 6.45) is 0. The van der Waals surface area contributed by atoms with Crippen LogP contribution in [0.4, 0.5) is 0 Å². The molecular weight excluding hydrogens is 283 g/mol. The first kappa shape index (κ1) is 14.1. The van der Waals surface area contributed by atoms with Crippen molar-refractivity contribution in [3.05, 3.63) is 60.2 Å². The van der Waals surface area contributed by atoms with E-state index < -0.39 is 13.8 Å². The third-order valence-corrected chi connectivity index (χ3v) is 3.17. The van der Waals surface area contributed by atoms with Crippen LogP contribution >= 0.6 is 7.82 Å². The average molecular weight is 294 g/mol. The number of phosphoric acid groups is 1. The number of para-hydroxylation sites is 1. The summed E-state index contributed by atoms with van der Waals surface area (Å²) in [5.41, 5.74) is 0.0501. The lowest BCUT2D eigenvalue weighted by Crippen LogP contribution is -2.00. The lowest BCUT2D eigenvalue weighted by atomic mass is 10.2. The van der Waals surface area contributed by atoms with Crippen molar-refractivity contribution in [3.8, 4) is 11.5 Å². The van der Waals surface area contributed by atoms with E-state index in [2.05, 4.69) is 0 Å². The molecule has 0 aromatic heterocycles. The van der Waals surface area contributed by atoms with Crippen LogP contribution in [0.3, 0.4) is 0 Å². The SMILES string of the molecule is O=C(O)c1ccc(OP(=O)(O)Oc2ccccc2)cc1. The molecule has 2 aromatic rings. The molecule has 0 radical (unpaired) electrons. The van der Waals surface area contributed by atoms with Gasteiger partial charge in [-0.1, -0.05) is 18.2 Å². The second-order valence-electron chi connectivity index (χ2n) is 3.79. The molecule has 0 aliphatic rings. The van der Waals surface area contributed by atoms with Crippen LogP contribution in [0.25, 0.3) is 0 Å². The van der Waals surface area contributed by atoms with Gasteiger partial charge < -0.3 is 14.2 Å².